The zero-order valence-corrected chi connectivity index (χ0v) is 12.1. The van der Waals surface area contributed by atoms with Crippen molar-refractivity contribution in [3.05, 3.63) is 40.9 Å². The minimum Gasteiger partial charge on any atom is -0.496 e. The third-order valence-electron chi connectivity index (χ3n) is 2.59. The summed E-state index contributed by atoms with van der Waals surface area (Å²) in [7, 11) is 1.69. The van der Waals surface area contributed by atoms with Crippen molar-refractivity contribution in [1.82, 2.24) is 4.98 Å². The highest BCUT2D eigenvalue weighted by Gasteiger charge is 2.08. The summed E-state index contributed by atoms with van der Waals surface area (Å²) in [6.45, 7) is 1.99. The number of nitrogens with zero attached hydrogens (tertiary/aromatic N) is 1. The molecule has 1 atom stereocenters. The van der Waals surface area contributed by atoms with Crippen LogP contribution in [0.15, 0.2) is 34.1 Å². The number of rotatable bonds is 5. The molecule has 1 aromatic heterocycles. The van der Waals surface area contributed by atoms with Crippen molar-refractivity contribution in [3.8, 4) is 5.75 Å². The molecule has 0 aliphatic rings. The smallest absolute Gasteiger partial charge is 0.150 e. The first-order valence-electron chi connectivity index (χ1n) is 5.65. The van der Waals surface area contributed by atoms with Crippen molar-refractivity contribution >= 4 is 23.1 Å². The second kappa shape index (κ2) is 6.22. The standard InChI is InChI=1S/C13H16N2OS2/c1-9(14)10-3-4-12(16-2)11(7-10)8-18-13-15-5-6-17-13/h3-7,9H,8,14H2,1-2H3. The first-order chi connectivity index (χ1) is 8.70. The highest BCUT2D eigenvalue weighted by atomic mass is 32.2. The lowest BCUT2D eigenvalue weighted by Crippen LogP contribution is -2.05. The molecule has 96 valence electrons. The third-order valence-corrected chi connectivity index (χ3v) is 4.61. The first kappa shape index (κ1) is 13.4. The molecular weight excluding hydrogens is 264 g/mol. The Morgan fingerprint density at radius 3 is 2.94 bits per heavy atom. The van der Waals surface area contributed by atoms with E-state index in [-0.39, 0.29) is 6.04 Å². The quantitative estimate of drug-likeness (QED) is 0.852. The minimum atomic E-state index is 0.0412. The van der Waals surface area contributed by atoms with Gasteiger partial charge in [0.25, 0.3) is 0 Å². The predicted octanol–water partition coefficient (Wildman–Crippen LogP) is 3.46. The van der Waals surface area contributed by atoms with E-state index in [9.17, 15) is 0 Å². The van der Waals surface area contributed by atoms with E-state index in [1.807, 2.05) is 30.6 Å². The van der Waals surface area contributed by atoms with Gasteiger partial charge in [-0.05, 0) is 24.6 Å². The van der Waals surface area contributed by atoms with Gasteiger partial charge in [-0.25, -0.2) is 4.98 Å². The van der Waals surface area contributed by atoms with Gasteiger partial charge in [-0.15, -0.1) is 11.3 Å². The van der Waals surface area contributed by atoms with Crippen LogP contribution >= 0.6 is 23.1 Å². The Balaban J connectivity index is 2.16. The highest BCUT2D eigenvalue weighted by Crippen LogP contribution is 2.30. The van der Waals surface area contributed by atoms with Crippen molar-refractivity contribution in [2.45, 2.75) is 23.1 Å². The van der Waals surface area contributed by atoms with E-state index in [4.69, 9.17) is 10.5 Å². The van der Waals surface area contributed by atoms with E-state index < -0.39 is 0 Å². The monoisotopic (exact) mass is 280 g/mol. The van der Waals surface area contributed by atoms with Crippen molar-refractivity contribution in [1.29, 1.82) is 0 Å². The molecule has 0 spiro atoms. The first-order valence-corrected chi connectivity index (χ1v) is 7.52. The summed E-state index contributed by atoms with van der Waals surface area (Å²) in [5.74, 6) is 1.75. The molecule has 1 heterocycles. The average molecular weight is 280 g/mol. The van der Waals surface area contributed by atoms with Crippen molar-refractivity contribution in [2.24, 2.45) is 5.73 Å². The maximum Gasteiger partial charge on any atom is 0.150 e. The second-order valence-corrected chi connectivity index (χ2v) is 6.06. The summed E-state index contributed by atoms with van der Waals surface area (Å²) in [4.78, 5) is 4.26. The summed E-state index contributed by atoms with van der Waals surface area (Å²) >= 11 is 3.37. The Kier molecular flexibility index (Phi) is 4.63. The number of ether oxygens (including phenoxy) is 1. The molecule has 2 aromatic rings. The molecule has 0 radical (unpaired) electrons. The lowest BCUT2D eigenvalue weighted by molar-refractivity contribution is 0.411. The number of thiazole rings is 1. The van der Waals surface area contributed by atoms with E-state index in [0.717, 1.165) is 27.0 Å². The molecule has 0 saturated carbocycles. The molecule has 2 rings (SSSR count). The molecule has 0 aliphatic carbocycles. The van der Waals surface area contributed by atoms with E-state index in [1.54, 1.807) is 30.2 Å². The Morgan fingerprint density at radius 1 is 1.50 bits per heavy atom. The summed E-state index contributed by atoms with van der Waals surface area (Å²) in [6, 6.07) is 6.15. The SMILES string of the molecule is COc1ccc(C(C)N)cc1CSc1nccs1. The molecule has 0 bridgehead atoms. The fourth-order valence-electron chi connectivity index (χ4n) is 1.62. The summed E-state index contributed by atoms with van der Waals surface area (Å²) in [5, 5.41) is 1.98. The van der Waals surface area contributed by atoms with E-state index >= 15 is 0 Å². The largest absolute Gasteiger partial charge is 0.496 e. The minimum absolute atomic E-state index is 0.0412. The summed E-state index contributed by atoms with van der Waals surface area (Å²) in [6.07, 6.45) is 1.82. The fourth-order valence-corrected chi connectivity index (χ4v) is 3.23. The van der Waals surface area contributed by atoms with Gasteiger partial charge in [0.2, 0.25) is 0 Å². The van der Waals surface area contributed by atoms with Crippen LogP contribution in [0.2, 0.25) is 0 Å². The molecule has 3 nitrogen and oxygen atoms in total. The number of nitrogens with two attached hydrogens (primary N) is 1. The molecule has 1 aromatic carbocycles. The second-order valence-electron chi connectivity index (χ2n) is 3.95. The Morgan fingerprint density at radius 2 is 2.33 bits per heavy atom. The molecule has 0 fully saturated rings. The van der Waals surface area contributed by atoms with E-state index in [1.165, 1.54) is 0 Å². The number of methoxy groups -OCH3 is 1. The topological polar surface area (TPSA) is 48.1 Å². The van der Waals surface area contributed by atoms with Crippen molar-refractivity contribution in [3.63, 3.8) is 0 Å². The molecule has 0 saturated heterocycles. The number of benzene rings is 1. The summed E-state index contributed by atoms with van der Waals surface area (Å²) < 4.78 is 6.45. The van der Waals surface area contributed by atoms with Crippen molar-refractivity contribution < 1.29 is 4.74 Å². The fraction of sp³-hybridized carbons (Fsp3) is 0.308. The van der Waals surface area contributed by atoms with Crippen LogP contribution in [0.1, 0.15) is 24.1 Å². The van der Waals surface area contributed by atoms with Gasteiger partial charge in [0.1, 0.15) is 10.1 Å². The van der Waals surface area contributed by atoms with Crippen LogP contribution in [-0.4, -0.2) is 12.1 Å². The highest BCUT2D eigenvalue weighted by molar-refractivity contribution is 8.00. The molecule has 2 N–H and O–H groups in total. The van der Waals surface area contributed by atoms with Gasteiger partial charge in [0.15, 0.2) is 0 Å². The van der Waals surface area contributed by atoms with Crippen LogP contribution in [0.5, 0.6) is 5.75 Å². The maximum absolute atomic E-state index is 5.91. The van der Waals surface area contributed by atoms with E-state index in [2.05, 4.69) is 11.1 Å². The molecular formula is C13H16N2OS2. The number of thioether (sulfide) groups is 1. The van der Waals surface area contributed by atoms with E-state index in [0.29, 0.717) is 0 Å². The third kappa shape index (κ3) is 3.25. The number of aromatic nitrogens is 1. The zero-order chi connectivity index (χ0) is 13.0. The lowest BCUT2D eigenvalue weighted by Gasteiger charge is -2.12. The van der Waals surface area contributed by atoms with Crippen LogP contribution < -0.4 is 10.5 Å². The van der Waals surface area contributed by atoms with Crippen molar-refractivity contribution in [2.75, 3.05) is 7.11 Å². The number of hydrogen-bond donors (Lipinski definition) is 1. The lowest BCUT2D eigenvalue weighted by atomic mass is 10.1. The molecule has 0 aliphatic heterocycles. The van der Waals surface area contributed by atoms with Crippen LogP contribution in [-0.2, 0) is 5.75 Å². The maximum atomic E-state index is 5.91. The van der Waals surface area contributed by atoms with Gasteiger partial charge in [0.05, 0.1) is 7.11 Å². The zero-order valence-electron chi connectivity index (χ0n) is 10.4. The van der Waals surface area contributed by atoms with Crippen LogP contribution in [0.3, 0.4) is 0 Å². The average Bonchev–Trinajstić information content (AvgIpc) is 2.89. The van der Waals surface area contributed by atoms with Crippen LogP contribution in [0, 0.1) is 0 Å². The molecule has 18 heavy (non-hydrogen) atoms. The van der Waals surface area contributed by atoms with Gasteiger partial charge in [-0.2, -0.15) is 0 Å². The Bertz CT molecular complexity index is 498. The number of hydrogen-bond acceptors (Lipinski definition) is 5. The molecule has 0 amide bonds. The van der Waals surface area contributed by atoms with Crippen LogP contribution in [0.4, 0.5) is 0 Å². The summed E-state index contributed by atoms with van der Waals surface area (Å²) in [5.41, 5.74) is 8.20. The van der Waals surface area contributed by atoms with Crippen LogP contribution in [0.25, 0.3) is 0 Å². The van der Waals surface area contributed by atoms with Gasteiger partial charge in [-0.1, -0.05) is 17.8 Å². The Hall–Kier alpha value is -1.04. The normalized spacial score (nSPS) is 12.4. The van der Waals surface area contributed by atoms with Gasteiger partial charge in [-0.3, -0.25) is 0 Å². The van der Waals surface area contributed by atoms with Gasteiger partial charge >= 0.3 is 0 Å². The van der Waals surface area contributed by atoms with Gasteiger partial charge in [0, 0.05) is 28.9 Å². The predicted molar refractivity (Wildman–Crippen MR) is 77.3 cm³/mol. The molecule has 1 unspecified atom stereocenters. The van der Waals surface area contributed by atoms with Gasteiger partial charge < -0.3 is 10.5 Å². The molecule has 5 heteroatoms. The Labute approximate surface area is 115 Å².